The second kappa shape index (κ2) is 6.99. The second-order valence-electron chi connectivity index (χ2n) is 3.34. The molecule has 1 atom stereocenters. The Balaban J connectivity index is 2.91. The molecule has 0 fully saturated rings. The number of hydrogen-bond donors (Lipinski definition) is 0. The minimum atomic E-state index is -0.585. The monoisotopic (exact) mass is 313 g/mol. The van der Waals surface area contributed by atoms with Crippen LogP contribution in [0.15, 0.2) is 18.2 Å². The van der Waals surface area contributed by atoms with Crippen LogP contribution >= 0.6 is 15.9 Å². The number of rotatable bonds is 5. The van der Waals surface area contributed by atoms with Crippen molar-refractivity contribution < 1.29 is 19.0 Å². The number of nitrogens with zero attached hydrogens (tertiary/aromatic N) is 1. The van der Waals surface area contributed by atoms with Crippen molar-refractivity contribution in [1.82, 2.24) is 0 Å². The van der Waals surface area contributed by atoms with Crippen LogP contribution in [0.4, 0.5) is 0 Å². The number of alkyl halides is 1. The highest BCUT2D eigenvalue weighted by Gasteiger charge is 2.13. The summed E-state index contributed by atoms with van der Waals surface area (Å²) in [5.74, 6) is 0.0146. The van der Waals surface area contributed by atoms with Gasteiger partial charge in [0.2, 0.25) is 0 Å². The van der Waals surface area contributed by atoms with Gasteiger partial charge < -0.3 is 14.2 Å². The van der Waals surface area contributed by atoms with E-state index in [9.17, 15) is 4.79 Å². The van der Waals surface area contributed by atoms with Crippen molar-refractivity contribution in [2.45, 2.75) is 11.9 Å². The molecule has 0 aromatic heterocycles. The Kier molecular flexibility index (Phi) is 5.62. The normalized spacial score (nSPS) is 11.4. The van der Waals surface area contributed by atoms with E-state index in [-0.39, 0.29) is 6.79 Å². The maximum absolute atomic E-state index is 10.8. The first-order chi connectivity index (χ1) is 8.58. The van der Waals surface area contributed by atoms with Crippen molar-refractivity contribution in [2.75, 3.05) is 13.9 Å². The van der Waals surface area contributed by atoms with Gasteiger partial charge in [-0.05, 0) is 28.1 Å². The molecule has 0 radical (unpaired) electrons. The van der Waals surface area contributed by atoms with E-state index in [2.05, 4.69) is 15.9 Å². The van der Waals surface area contributed by atoms with E-state index in [4.69, 9.17) is 19.5 Å². The van der Waals surface area contributed by atoms with Crippen LogP contribution < -0.4 is 4.74 Å². The summed E-state index contributed by atoms with van der Waals surface area (Å²) in [5.41, 5.74) is 1.01. The van der Waals surface area contributed by atoms with Crippen LogP contribution in [0.5, 0.6) is 5.75 Å². The van der Waals surface area contributed by atoms with Gasteiger partial charge in [-0.3, -0.25) is 4.79 Å². The van der Waals surface area contributed by atoms with Gasteiger partial charge in [0.05, 0.1) is 5.56 Å². The summed E-state index contributed by atoms with van der Waals surface area (Å²) in [5, 5.41) is 8.43. The number of hydrogen-bond acceptors (Lipinski definition) is 5. The summed E-state index contributed by atoms with van der Waals surface area (Å²) in [6.07, 6.45) is 0. The third-order valence-corrected chi connectivity index (χ3v) is 2.70. The van der Waals surface area contributed by atoms with Gasteiger partial charge in [0.1, 0.15) is 11.8 Å². The first kappa shape index (κ1) is 14.5. The molecular formula is C12H12BrNO4. The summed E-state index contributed by atoms with van der Waals surface area (Å²) in [7, 11) is 1.50. The van der Waals surface area contributed by atoms with Crippen LogP contribution in [-0.4, -0.2) is 19.9 Å². The molecule has 5 nitrogen and oxygen atoms in total. The average molecular weight is 314 g/mol. The highest BCUT2D eigenvalue weighted by Crippen LogP contribution is 2.28. The Morgan fingerprint density at radius 1 is 1.56 bits per heavy atom. The zero-order chi connectivity index (χ0) is 13.5. The first-order valence-electron chi connectivity index (χ1n) is 5.05. The van der Waals surface area contributed by atoms with Crippen molar-refractivity contribution >= 4 is 21.9 Å². The fourth-order valence-electron chi connectivity index (χ4n) is 1.24. The zero-order valence-electron chi connectivity index (χ0n) is 9.97. The largest absolute Gasteiger partial charge is 0.466 e. The van der Waals surface area contributed by atoms with Crippen molar-refractivity contribution in [2.24, 2.45) is 0 Å². The number of ether oxygens (including phenoxy) is 3. The van der Waals surface area contributed by atoms with E-state index in [1.165, 1.54) is 14.0 Å². The number of esters is 1. The smallest absolute Gasteiger partial charge is 0.304 e. The van der Waals surface area contributed by atoms with Crippen LogP contribution in [0.2, 0.25) is 0 Å². The minimum Gasteiger partial charge on any atom is -0.466 e. The lowest BCUT2D eigenvalue weighted by molar-refractivity contribution is -0.142. The maximum Gasteiger partial charge on any atom is 0.304 e. The fourth-order valence-corrected chi connectivity index (χ4v) is 1.79. The van der Waals surface area contributed by atoms with Gasteiger partial charge in [-0.1, -0.05) is 6.07 Å². The quantitative estimate of drug-likeness (QED) is 0.474. The molecule has 6 heteroatoms. The van der Waals surface area contributed by atoms with E-state index in [1.54, 1.807) is 18.2 Å². The lowest BCUT2D eigenvalue weighted by Gasteiger charge is -2.12. The molecule has 1 rings (SSSR count). The Morgan fingerprint density at radius 3 is 2.83 bits per heavy atom. The van der Waals surface area contributed by atoms with Gasteiger partial charge in [-0.15, -0.1) is 0 Å². The molecule has 96 valence electrons. The first-order valence-corrected chi connectivity index (χ1v) is 5.97. The number of nitriles is 1. The molecule has 0 aliphatic carbocycles. The Labute approximate surface area is 113 Å². The lowest BCUT2D eigenvalue weighted by Crippen LogP contribution is -2.04. The van der Waals surface area contributed by atoms with E-state index in [1.807, 2.05) is 6.07 Å². The Bertz CT molecular complexity index is 470. The van der Waals surface area contributed by atoms with E-state index in [0.29, 0.717) is 16.9 Å². The van der Waals surface area contributed by atoms with Crippen molar-refractivity contribution in [3.63, 3.8) is 0 Å². The molecular weight excluding hydrogens is 302 g/mol. The van der Waals surface area contributed by atoms with Crippen molar-refractivity contribution in [1.29, 1.82) is 5.26 Å². The third kappa shape index (κ3) is 4.02. The SMILES string of the molecule is COCOc1ccc(C(Br)OC(C)=O)cc1C#N. The number of carbonyl (C=O) groups is 1. The van der Waals surface area contributed by atoms with Gasteiger partial charge in [0, 0.05) is 19.6 Å². The molecule has 0 aliphatic heterocycles. The predicted molar refractivity (Wildman–Crippen MR) is 67.1 cm³/mol. The number of carbonyl (C=O) groups excluding carboxylic acids is 1. The van der Waals surface area contributed by atoms with Gasteiger partial charge in [0.25, 0.3) is 0 Å². The van der Waals surface area contributed by atoms with Gasteiger partial charge in [-0.2, -0.15) is 5.26 Å². The van der Waals surface area contributed by atoms with Gasteiger partial charge >= 0.3 is 5.97 Å². The summed E-state index contributed by atoms with van der Waals surface area (Å²) >= 11 is 3.21. The highest BCUT2D eigenvalue weighted by atomic mass is 79.9. The average Bonchev–Trinajstić information content (AvgIpc) is 2.35. The summed E-state index contributed by atoms with van der Waals surface area (Å²) in [6.45, 7) is 1.38. The Hall–Kier alpha value is -1.58. The van der Waals surface area contributed by atoms with Crippen molar-refractivity contribution in [3.8, 4) is 11.8 Å². The van der Waals surface area contributed by atoms with Crippen LogP contribution in [0.1, 0.15) is 23.1 Å². The zero-order valence-corrected chi connectivity index (χ0v) is 11.6. The molecule has 1 unspecified atom stereocenters. The molecule has 0 heterocycles. The molecule has 0 bridgehead atoms. The summed E-state index contributed by atoms with van der Waals surface area (Å²) in [6, 6.07) is 6.93. The van der Waals surface area contributed by atoms with Crippen LogP contribution in [-0.2, 0) is 14.3 Å². The molecule has 1 aromatic carbocycles. The maximum atomic E-state index is 10.8. The number of methoxy groups -OCH3 is 1. The lowest BCUT2D eigenvalue weighted by atomic mass is 10.1. The Morgan fingerprint density at radius 2 is 2.28 bits per heavy atom. The van der Waals surface area contributed by atoms with Crippen LogP contribution in [0, 0.1) is 11.3 Å². The van der Waals surface area contributed by atoms with Crippen LogP contribution in [0.25, 0.3) is 0 Å². The van der Waals surface area contributed by atoms with E-state index >= 15 is 0 Å². The highest BCUT2D eigenvalue weighted by molar-refractivity contribution is 9.09. The second-order valence-corrected chi connectivity index (χ2v) is 4.18. The molecule has 0 N–H and O–H groups in total. The summed E-state index contributed by atoms with van der Waals surface area (Å²) < 4.78 is 15.0. The van der Waals surface area contributed by atoms with E-state index in [0.717, 1.165) is 0 Å². The molecule has 0 spiro atoms. The molecule has 0 saturated heterocycles. The molecule has 0 saturated carbocycles. The topological polar surface area (TPSA) is 68.6 Å². The van der Waals surface area contributed by atoms with Gasteiger partial charge in [0.15, 0.2) is 11.8 Å². The van der Waals surface area contributed by atoms with Gasteiger partial charge in [-0.25, -0.2) is 0 Å². The number of benzene rings is 1. The summed E-state index contributed by atoms with van der Waals surface area (Å²) in [4.78, 5) is 10.8. The predicted octanol–water partition coefficient (Wildman–Crippen LogP) is 2.50. The minimum absolute atomic E-state index is 0.0652. The van der Waals surface area contributed by atoms with Crippen LogP contribution in [0.3, 0.4) is 0 Å². The molecule has 18 heavy (non-hydrogen) atoms. The van der Waals surface area contributed by atoms with E-state index < -0.39 is 11.0 Å². The standard InChI is InChI=1S/C12H12BrNO4/c1-8(15)18-12(13)9-3-4-11(17-7-16-2)10(5-9)6-14/h3-5,12H,7H2,1-2H3. The third-order valence-electron chi connectivity index (χ3n) is 1.99. The molecule has 0 amide bonds. The molecule has 0 aliphatic rings. The number of halogens is 1. The van der Waals surface area contributed by atoms with Crippen molar-refractivity contribution in [3.05, 3.63) is 29.3 Å². The molecule has 1 aromatic rings. The fraction of sp³-hybridized carbons (Fsp3) is 0.333.